The summed E-state index contributed by atoms with van der Waals surface area (Å²) in [7, 11) is 1.78. The highest BCUT2D eigenvalue weighted by Gasteiger charge is 2.31. The number of nitrogens with zero attached hydrogens (tertiary/aromatic N) is 3. The zero-order valence-electron chi connectivity index (χ0n) is 11.9. The molecule has 110 valence electrons. The number of hydrogen-bond acceptors (Lipinski definition) is 3. The number of rotatable bonds is 3. The number of carbonyl (C=O) groups excluding carboxylic acids is 1. The fourth-order valence-electron chi connectivity index (χ4n) is 2.41. The molecule has 2 heterocycles. The minimum absolute atomic E-state index is 0.126. The van der Waals surface area contributed by atoms with Gasteiger partial charge in [-0.3, -0.25) is 9.58 Å². The molecule has 0 bridgehead atoms. The molecule has 3 rings (SSSR count). The topological polar surface area (TPSA) is 47.4 Å². The summed E-state index contributed by atoms with van der Waals surface area (Å²) in [6.07, 6.45) is 3.55. The molecule has 2 aromatic rings. The molecule has 0 saturated carbocycles. The van der Waals surface area contributed by atoms with E-state index in [1.54, 1.807) is 36.3 Å². The lowest BCUT2D eigenvalue weighted by Gasteiger charge is -2.13. The SMILES string of the molecule is CCC1CN(c2ccc(-c3cnn(C)c3)c(F)c2)C(=O)O1. The van der Waals surface area contributed by atoms with E-state index in [0.717, 1.165) is 6.42 Å². The number of carbonyl (C=O) groups is 1. The lowest BCUT2D eigenvalue weighted by Crippen LogP contribution is -2.24. The summed E-state index contributed by atoms with van der Waals surface area (Å²) in [6, 6.07) is 4.75. The van der Waals surface area contributed by atoms with Crippen molar-refractivity contribution in [2.45, 2.75) is 19.4 Å². The highest BCUT2D eigenvalue weighted by Crippen LogP contribution is 2.29. The summed E-state index contributed by atoms with van der Waals surface area (Å²) in [5, 5.41) is 4.03. The van der Waals surface area contributed by atoms with Crippen molar-refractivity contribution in [3.05, 3.63) is 36.4 Å². The van der Waals surface area contributed by atoms with E-state index in [1.165, 1.54) is 11.0 Å². The number of halogens is 1. The van der Waals surface area contributed by atoms with Crippen LogP contribution in [0.2, 0.25) is 0 Å². The summed E-state index contributed by atoms with van der Waals surface area (Å²) >= 11 is 0. The number of amides is 1. The Hall–Kier alpha value is -2.37. The lowest BCUT2D eigenvalue weighted by atomic mass is 10.1. The Kier molecular flexibility index (Phi) is 3.37. The predicted octanol–water partition coefficient (Wildman–Crippen LogP) is 2.96. The molecule has 0 spiro atoms. The molecule has 6 heteroatoms. The Morgan fingerprint density at radius 2 is 2.29 bits per heavy atom. The minimum Gasteiger partial charge on any atom is -0.444 e. The molecule has 0 aliphatic carbocycles. The van der Waals surface area contributed by atoms with Gasteiger partial charge in [0.1, 0.15) is 11.9 Å². The van der Waals surface area contributed by atoms with Gasteiger partial charge in [0.2, 0.25) is 0 Å². The van der Waals surface area contributed by atoms with Gasteiger partial charge >= 0.3 is 6.09 Å². The zero-order chi connectivity index (χ0) is 15.0. The van der Waals surface area contributed by atoms with Crippen LogP contribution < -0.4 is 4.90 Å². The van der Waals surface area contributed by atoms with Gasteiger partial charge in [-0.1, -0.05) is 6.92 Å². The Bertz CT molecular complexity index is 683. The molecule has 1 unspecified atom stereocenters. The van der Waals surface area contributed by atoms with Crippen molar-refractivity contribution in [2.24, 2.45) is 7.05 Å². The van der Waals surface area contributed by atoms with Gasteiger partial charge in [-0.2, -0.15) is 5.10 Å². The number of cyclic esters (lactones) is 1. The summed E-state index contributed by atoms with van der Waals surface area (Å²) in [5.41, 5.74) is 1.68. The third-order valence-electron chi connectivity index (χ3n) is 3.61. The van der Waals surface area contributed by atoms with E-state index < -0.39 is 6.09 Å². The van der Waals surface area contributed by atoms with Gasteiger partial charge < -0.3 is 4.74 Å². The number of benzene rings is 1. The molecule has 0 radical (unpaired) electrons. The first-order valence-corrected chi connectivity index (χ1v) is 6.85. The molecular formula is C15H16FN3O2. The van der Waals surface area contributed by atoms with Crippen molar-refractivity contribution < 1.29 is 13.9 Å². The molecule has 5 nitrogen and oxygen atoms in total. The van der Waals surface area contributed by atoms with E-state index >= 15 is 0 Å². The second-order valence-corrected chi connectivity index (χ2v) is 5.09. The highest BCUT2D eigenvalue weighted by atomic mass is 19.1. The van der Waals surface area contributed by atoms with E-state index in [4.69, 9.17) is 4.74 Å². The largest absolute Gasteiger partial charge is 0.444 e. The van der Waals surface area contributed by atoms with Crippen molar-refractivity contribution in [3.63, 3.8) is 0 Å². The Labute approximate surface area is 121 Å². The Morgan fingerprint density at radius 3 is 2.86 bits per heavy atom. The molecule has 1 aliphatic rings. The maximum absolute atomic E-state index is 14.3. The average molecular weight is 289 g/mol. The van der Waals surface area contributed by atoms with Crippen LogP contribution in [0.5, 0.6) is 0 Å². The molecule has 1 amide bonds. The van der Waals surface area contributed by atoms with Crippen LogP contribution in [0, 0.1) is 5.82 Å². The van der Waals surface area contributed by atoms with Crippen LogP contribution in [0.3, 0.4) is 0 Å². The summed E-state index contributed by atoms with van der Waals surface area (Å²) < 4.78 is 21.1. The molecule has 1 fully saturated rings. The van der Waals surface area contributed by atoms with Gasteiger partial charge in [-0.15, -0.1) is 0 Å². The molecule has 0 N–H and O–H groups in total. The monoisotopic (exact) mass is 289 g/mol. The Morgan fingerprint density at radius 1 is 1.48 bits per heavy atom. The normalized spacial score (nSPS) is 18.1. The fraction of sp³-hybridized carbons (Fsp3) is 0.333. The van der Waals surface area contributed by atoms with Gasteiger partial charge in [0.25, 0.3) is 0 Å². The highest BCUT2D eigenvalue weighted by molar-refractivity contribution is 5.90. The van der Waals surface area contributed by atoms with Crippen LogP contribution in [0.25, 0.3) is 11.1 Å². The fourth-order valence-corrected chi connectivity index (χ4v) is 2.41. The van der Waals surface area contributed by atoms with Crippen LogP contribution >= 0.6 is 0 Å². The zero-order valence-corrected chi connectivity index (χ0v) is 11.9. The van der Waals surface area contributed by atoms with Crippen molar-refractivity contribution in [1.82, 2.24) is 9.78 Å². The van der Waals surface area contributed by atoms with Crippen LogP contribution in [-0.2, 0) is 11.8 Å². The van der Waals surface area contributed by atoms with E-state index in [2.05, 4.69) is 5.10 Å². The molecule has 1 aliphatic heterocycles. The molecule has 21 heavy (non-hydrogen) atoms. The van der Waals surface area contributed by atoms with Crippen LogP contribution in [0.1, 0.15) is 13.3 Å². The molecule has 1 aromatic heterocycles. The first kappa shape index (κ1) is 13.6. The minimum atomic E-state index is -0.421. The predicted molar refractivity (Wildman–Crippen MR) is 76.5 cm³/mol. The summed E-state index contributed by atoms with van der Waals surface area (Å²) in [6.45, 7) is 2.41. The maximum atomic E-state index is 14.3. The van der Waals surface area contributed by atoms with Crippen molar-refractivity contribution in [1.29, 1.82) is 0 Å². The van der Waals surface area contributed by atoms with Crippen molar-refractivity contribution in [2.75, 3.05) is 11.4 Å². The first-order chi connectivity index (χ1) is 10.1. The van der Waals surface area contributed by atoms with Crippen LogP contribution in [0.4, 0.5) is 14.9 Å². The number of ether oxygens (including phenoxy) is 1. The first-order valence-electron chi connectivity index (χ1n) is 6.85. The summed E-state index contributed by atoms with van der Waals surface area (Å²) in [4.78, 5) is 13.2. The Balaban J connectivity index is 1.90. The third kappa shape index (κ3) is 2.49. The van der Waals surface area contributed by atoms with E-state index in [-0.39, 0.29) is 11.9 Å². The quantitative estimate of drug-likeness (QED) is 0.872. The van der Waals surface area contributed by atoms with Crippen LogP contribution in [-0.4, -0.2) is 28.5 Å². The van der Waals surface area contributed by atoms with Gasteiger partial charge in [0.15, 0.2) is 0 Å². The standard InChI is InChI=1S/C15H16FN3O2/c1-3-12-9-19(15(20)21-12)11-4-5-13(14(16)6-11)10-7-17-18(2)8-10/h4-8,12H,3,9H2,1-2H3. The van der Waals surface area contributed by atoms with E-state index in [1.807, 2.05) is 6.92 Å². The molecule has 1 atom stereocenters. The van der Waals surface area contributed by atoms with Gasteiger partial charge in [0, 0.05) is 24.4 Å². The lowest BCUT2D eigenvalue weighted by molar-refractivity contribution is 0.139. The number of anilines is 1. The average Bonchev–Trinajstić information content (AvgIpc) is 3.04. The van der Waals surface area contributed by atoms with Gasteiger partial charge in [-0.05, 0) is 24.6 Å². The maximum Gasteiger partial charge on any atom is 0.414 e. The van der Waals surface area contributed by atoms with Crippen LogP contribution in [0.15, 0.2) is 30.6 Å². The second-order valence-electron chi connectivity index (χ2n) is 5.09. The number of aryl methyl sites for hydroxylation is 1. The molecule has 1 saturated heterocycles. The van der Waals surface area contributed by atoms with Gasteiger partial charge in [0.05, 0.1) is 18.4 Å². The smallest absolute Gasteiger partial charge is 0.414 e. The number of hydrogen-bond donors (Lipinski definition) is 0. The van der Waals surface area contributed by atoms with Gasteiger partial charge in [-0.25, -0.2) is 9.18 Å². The number of aromatic nitrogens is 2. The molecule has 1 aromatic carbocycles. The second kappa shape index (κ2) is 5.20. The summed E-state index contributed by atoms with van der Waals surface area (Å²) in [5.74, 6) is -0.381. The third-order valence-corrected chi connectivity index (χ3v) is 3.61. The van der Waals surface area contributed by atoms with Crippen molar-refractivity contribution in [3.8, 4) is 11.1 Å². The molecular weight excluding hydrogens is 273 g/mol. The van der Waals surface area contributed by atoms with E-state index in [9.17, 15) is 9.18 Å². The van der Waals surface area contributed by atoms with Crippen molar-refractivity contribution >= 4 is 11.8 Å². The van der Waals surface area contributed by atoms with E-state index in [0.29, 0.717) is 23.4 Å².